The average molecular weight is 312 g/mol. The van der Waals surface area contributed by atoms with Gasteiger partial charge in [-0.2, -0.15) is 4.31 Å². The normalized spacial score (nSPS) is 12.0. The number of hydrogen-bond donors (Lipinski definition) is 1. The molecule has 0 amide bonds. The zero-order valence-corrected chi connectivity index (χ0v) is 12.7. The average Bonchev–Trinajstić information content (AvgIpc) is 2.83. The first-order valence-electron chi connectivity index (χ1n) is 6.34. The fourth-order valence-electron chi connectivity index (χ4n) is 1.95. The molecule has 7 heteroatoms. The highest BCUT2D eigenvalue weighted by molar-refractivity contribution is 7.89. The second-order valence-corrected chi connectivity index (χ2v) is 6.75. The van der Waals surface area contributed by atoms with Crippen LogP contribution >= 0.6 is 0 Å². The summed E-state index contributed by atoms with van der Waals surface area (Å²) in [7, 11) is -2.51. The molecule has 0 saturated carbocycles. The molecule has 2 N–H and O–H groups in total. The Labute approximate surface area is 123 Å². The van der Waals surface area contributed by atoms with Crippen LogP contribution in [0.15, 0.2) is 39.8 Å². The number of nitrogens with zero attached hydrogens (tertiary/aromatic N) is 1. The Balaban J connectivity index is 2.31. The number of benzene rings is 1. The van der Waals surface area contributed by atoms with E-state index in [2.05, 4.69) is 0 Å². The van der Waals surface area contributed by atoms with Crippen LogP contribution in [0.2, 0.25) is 0 Å². The van der Waals surface area contributed by atoms with Crippen LogP contribution in [0.4, 0.5) is 4.39 Å². The molecule has 5 nitrogen and oxygen atoms in total. The molecule has 1 aromatic carbocycles. The Bertz CT molecular complexity index is 740. The van der Waals surface area contributed by atoms with Crippen molar-refractivity contribution in [2.24, 2.45) is 5.73 Å². The number of sulfonamides is 1. The summed E-state index contributed by atoms with van der Waals surface area (Å²) in [6.07, 6.45) is 1.49. The minimum Gasteiger partial charge on any atom is -0.469 e. The summed E-state index contributed by atoms with van der Waals surface area (Å²) in [6.45, 7) is 2.01. The van der Waals surface area contributed by atoms with Gasteiger partial charge in [0.15, 0.2) is 0 Å². The summed E-state index contributed by atoms with van der Waals surface area (Å²) in [5.74, 6) is -0.162. The Hall–Kier alpha value is -1.70. The van der Waals surface area contributed by atoms with Crippen LogP contribution < -0.4 is 5.73 Å². The van der Waals surface area contributed by atoms with Crippen molar-refractivity contribution >= 4 is 10.0 Å². The zero-order chi connectivity index (χ0) is 15.6. The van der Waals surface area contributed by atoms with Gasteiger partial charge in [0.1, 0.15) is 16.5 Å². The molecular formula is C14H17FN2O3S. The van der Waals surface area contributed by atoms with Crippen molar-refractivity contribution in [3.8, 4) is 0 Å². The predicted octanol–water partition coefficient (Wildman–Crippen LogP) is 2.01. The number of rotatable bonds is 5. The molecule has 2 aromatic rings. The highest BCUT2D eigenvalue weighted by Gasteiger charge is 2.25. The van der Waals surface area contributed by atoms with Gasteiger partial charge in [-0.15, -0.1) is 0 Å². The summed E-state index contributed by atoms with van der Waals surface area (Å²) in [6, 6.07) is 5.58. The number of furan rings is 1. The maximum Gasteiger partial charge on any atom is 0.246 e. The van der Waals surface area contributed by atoms with Gasteiger partial charge >= 0.3 is 0 Å². The molecule has 0 bridgehead atoms. The zero-order valence-electron chi connectivity index (χ0n) is 11.8. The molecule has 0 aliphatic carbocycles. The molecular weight excluding hydrogens is 295 g/mol. The van der Waals surface area contributed by atoms with E-state index in [0.29, 0.717) is 11.3 Å². The van der Waals surface area contributed by atoms with Gasteiger partial charge in [0.2, 0.25) is 10.0 Å². The van der Waals surface area contributed by atoms with Crippen molar-refractivity contribution in [2.75, 3.05) is 7.05 Å². The van der Waals surface area contributed by atoms with E-state index in [-0.39, 0.29) is 18.0 Å². The summed E-state index contributed by atoms with van der Waals surface area (Å²) < 4.78 is 45.0. The summed E-state index contributed by atoms with van der Waals surface area (Å²) >= 11 is 0. The molecule has 0 fully saturated rings. The highest BCUT2D eigenvalue weighted by Crippen LogP contribution is 2.22. The van der Waals surface area contributed by atoms with Crippen molar-refractivity contribution in [3.05, 3.63) is 53.2 Å². The summed E-state index contributed by atoms with van der Waals surface area (Å²) in [5, 5.41) is 0. The van der Waals surface area contributed by atoms with Gasteiger partial charge in [-0.3, -0.25) is 0 Å². The monoisotopic (exact) mass is 312 g/mol. The van der Waals surface area contributed by atoms with Gasteiger partial charge in [0, 0.05) is 25.7 Å². The molecule has 0 unspecified atom stereocenters. The Morgan fingerprint density at radius 3 is 2.57 bits per heavy atom. The van der Waals surface area contributed by atoms with E-state index in [4.69, 9.17) is 10.2 Å². The van der Waals surface area contributed by atoms with Crippen LogP contribution in [0.3, 0.4) is 0 Å². The highest BCUT2D eigenvalue weighted by atomic mass is 32.2. The third-order valence-electron chi connectivity index (χ3n) is 3.28. The fourth-order valence-corrected chi connectivity index (χ4v) is 3.14. The lowest BCUT2D eigenvalue weighted by atomic mass is 10.2. The SMILES string of the molecule is Cc1occc1CN(C)S(=O)(=O)c1ccc(CN)cc1F. The quantitative estimate of drug-likeness (QED) is 0.916. The minimum absolute atomic E-state index is 0.114. The van der Waals surface area contributed by atoms with Crippen LogP contribution in [0.25, 0.3) is 0 Å². The molecule has 1 heterocycles. The lowest BCUT2D eigenvalue weighted by Gasteiger charge is -2.17. The van der Waals surface area contributed by atoms with Crippen molar-refractivity contribution in [1.29, 1.82) is 0 Å². The summed E-state index contributed by atoms with van der Waals surface area (Å²) in [5.41, 5.74) is 6.69. The minimum atomic E-state index is -3.91. The van der Waals surface area contributed by atoms with Crippen molar-refractivity contribution in [2.45, 2.75) is 24.9 Å². The fraction of sp³-hybridized carbons (Fsp3) is 0.286. The maximum atomic E-state index is 14.0. The molecule has 0 spiro atoms. The third kappa shape index (κ3) is 3.15. The van der Waals surface area contributed by atoms with Crippen LogP contribution in [-0.2, 0) is 23.1 Å². The van der Waals surface area contributed by atoms with Crippen LogP contribution in [-0.4, -0.2) is 19.8 Å². The first-order chi connectivity index (χ1) is 9.86. The Morgan fingerprint density at radius 2 is 2.05 bits per heavy atom. The number of hydrogen-bond acceptors (Lipinski definition) is 4. The van der Waals surface area contributed by atoms with Crippen molar-refractivity contribution in [1.82, 2.24) is 4.31 Å². The van der Waals surface area contributed by atoms with Gasteiger partial charge in [0.25, 0.3) is 0 Å². The Morgan fingerprint density at radius 1 is 1.33 bits per heavy atom. The first-order valence-corrected chi connectivity index (χ1v) is 7.78. The van der Waals surface area contributed by atoms with Gasteiger partial charge in [-0.25, -0.2) is 12.8 Å². The van der Waals surface area contributed by atoms with Crippen molar-refractivity contribution in [3.63, 3.8) is 0 Å². The molecule has 21 heavy (non-hydrogen) atoms. The van der Waals surface area contributed by atoms with Crippen LogP contribution in [0, 0.1) is 12.7 Å². The van der Waals surface area contributed by atoms with Gasteiger partial charge < -0.3 is 10.2 Å². The van der Waals surface area contributed by atoms with E-state index in [1.165, 1.54) is 25.4 Å². The Kier molecular flexibility index (Phi) is 4.46. The molecule has 0 aliphatic rings. The second-order valence-electron chi connectivity index (χ2n) is 4.73. The van der Waals surface area contributed by atoms with E-state index in [9.17, 15) is 12.8 Å². The first kappa shape index (κ1) is 15.7. The van der Waals surface area contributed by atoms with Gasteiger partial charge in [-0.1, -0.05) is 6.07 Å². The van der Waals surface area contributed by atoms with E-state index < -0.39 is 15.8 Å². The molecule has 114 valence electrons. The van der Waals surface area contributed by atoms with Crippen LogP contribution in [0.1, 0.15) is 16.9 Å². The molecule has 0 aliphatic heterocycles. The largest absolute Gasteiger partial charge is 0.469 e. The van der Waals surface area contributed by atoms with Gasteiger partial charge in [0.05, 0.1) is 6.26 Å². The number of halogens is 1. The van der Waals surface area contributed by atoms with Crippen LogP contribution in [0.5, 0.6) is 0 Å². The maximum absolute atomic E-state index is 14.0. The van der Waals surface area contributed by atoms with E-state index in [1.54, 1.807) is 13.0 Å². The topological polar surface area (TPSA) is 76.5 Å². The van der Waals surface area contributed by atoms with E-state index >= 15 is 0 Å². The smallest absolute Gasteiger partial charge is 0.246 e. The molecule has 0 atom stereocenters. The predicted molar refractivity (Wildman–Crippen MR) is 76.4 cm³/mol. The van der Waals surface area contributed by atoms with Gasteiger partial charge in [-0.05, 0) is 30.7 Å². The molecule has 1 aromatic heterocycles. The standard InChI is InChI=1S/C14H17FN2O3S/c1-10-12(5-6-20-10)9-17(2)21(18,19)14-4-3-11(8-16)7-13(14)15/h3-7H,8-9,16H2,1-2H3. The lowest BCUT2D eigenvalue weighted by Crippen LogP contribution is -2.27. The number of nitrogens with two attached hydrogens (primary N) is 1. The van der Waals surface area contributed by atoms with E-state index in [1.807, 2.05) is 0 Å². The number of aryl methyl sites for hydroxylation is 1. The third-order valence-corrected chi connectivity index (χ3v) is 5.12. The van der Waals surface area contributed by atoms with Crippen molar-refractivity contribution < 1.29 is 17.2 Å². The molecule has 0 radical (unpaired) electrons. The van der Waals surface area contributed by atoms with E-state index in [0.717, 1.165) is 15.9 Å². The summed E-state index contributed by atoms with van der Waals surface area (Å²) in [4.78, 5) is -0.358. The second kappa shape index (κ2) is 5.97. The molecule has 0 saturated heterocycles. The molecule has 2 rings (SSSR count). The lowest BCUT2D eigenvalue weighted by molar-refractivity contribution is 0.453.